The van der Waals surface area contributed by atoms with E-state index in [1.165, 1.54) is 6.07 Å². The van der Waals surface area contributed by atoms with Gasteiger partial charge >= 0.3 is 0 Å². The van der Waals surface area contributed by atoms with Crippen molar-refractivity contribution in [3.05, 3.63) is 33.3 Å². The Kier molecular flexibility index (Phi) is 3.07. The molecule has 0 aliphatic rings. The van der Waals surface area contributed by atoms with Crippen LogP contribution in [0.1, 0.15) is 17.6 Å². The minimum absolute atomic E-state index is 0.0375. The van der Waals surface area contributed by atoms with Crippen LogP contribution in [0.25, 0.3) is 0 Å². The van der Waals surface area contributed by atoms with Crippen molar-refractivity contribution < 1.29 is 8.78 Å². The summed E-state index contributed by atoms with van der Waals surface area (Å²) in [5.74, 6) is 0. The first-order chi connectivity index (χ1) is 6.06. The van der Waals surface area contributed by atoms with Crippen molar-refractivity contribution in [1.29, 1.82) is 5.26 Å². The molecule has 1 aromatic rings. The fourth-order valence-electron chi connectivity index (χ4n) is 0.850. The summed E-state index contributed by atoms with van der Waals surface area (Å²) < 4.78 is 24.5. The van der Waals surface area contributed by atoms with E-state index < -0.39 is 12.0 Å². The Balaban J connectivity index is 3.38. The predicted octanol–water partition coefficient (Wildman–Crippen LogP) is 3.80. The van der Waals surface area contributed by atoms with Gasteiger partial charge in [-0.1, -0.05) is 23.2 Å². The Labute approximate surface area is 83.5 Å². The minimum atomic E-state index is -2.72. The average molecular weight is 222 g/mol. The highest BCUT2D eigenvalue weighted by Gasteiger charge is 2.15. The molecule has 0 aliphatic heterocycles. The van der Waals surface area contributed by atoms with Crippen molar-refractivity contribution in [2.24, 2.45) is 0 Å². The van der Waals surface area contributed by atoms with Gasteiger partial charge in [0.2, 0.25) is 0 Å². The number of halogens is 4. The lowest BCUT2D eigenvalue weighted by atomic mass is 10.1. The van der Waals surface area contributed by atoms with Crippen LogP contribution in [0, 0.1) is 11.3 Å². The average Bonchev–Trinajstić information content (AvgIpc) is 2.08. The van der Waals surface area contributed by atoms with Crippen LogP contribution in [0.5, 0.6) is 0 Å². The molecule has 1 rings (SSSR count). The van der Waals surface area contributed by atoms with Crippen molar-refractivity contribution >= 4 is 23.2 Å². The smallest absolute Gasteiger partial charge is 0.205 e. The van der Waals surface area contributed by atoms with Crippen LogP contribution in [0.3, 0.4) is 0 Å². The summed E-state index contributed by atoms with van der Waals surface area (Å²) in [6, 6.07) is 3.98. The Hall–Kier alpha value is -0.850. The van der Waals surface area contributed by atoms with E-state index in [9.17, 15) is 8.78 Å². The molecule has 0 atom stereocenters. The maximum absolute atomic E-state index is 12.3. The highest BCUT2D eigenvalue weighted by Crippen LogP contribution is 2.32. The highest BCUT2D eigenvalue weighted by molar-refractivity contribution is 6.34. The van der Waals surface area contributed by atoms with Gasteiger partial charge in [-0.05, 0) is 12.1 Å². The first kappa shape index (κ1) is 10.2. The lowest BCUT2D eigenvalue weighted by molar-refractivity contribution is 0.151. The summed E-state index contributed by atoms with van der Waals surface area (Å²) in [7, 11) is 0. The van der Waals surface area contributed by atoms with E-state index in [-0.39, 0.29) is 15.6 Å². The van der Waals surface area contributed by atoms with Crippen molar-refractivity contribution in [3.8, 4) is 6.07 Å². The molecule has 0 unspecified atom stereocenters. The molecule has 0 amide bonds. The van der Waals surface area contributed by atoms with Gasteiger partial charge in [0.15, 0.2) is 0 Å². The van der Waals surface area contributed by atoms with E-state index in [1.54, 1.807) is 6.07 Å². The van der Waals surface area contributed by atoms with E-state index >= 15 is 0 Å². The fraction of sp³-hybridized carbons (Fsp3) is 0.125. The van der Waals surface area contributed by atoms with Gasteiger partial charge in [0.25, 0.3) is 6.43 Å². The monoisotopic (exact) mass is 221 g/mol. The molecule has 0 saturated carbocycles. The number of nitriles is 1. The molecule has 0 N–H and O–H groups in total. The largest absolute Gasteiger partial charge is 0.265 e. The third-order valence-electron chi connectivity index (χ3n) is 1.42. The number of rotatable bonds is 1. The number of nitrogens with zero attached hydrogens (tertiary/aromatic N) is 1. The van der Waals surface area contributed by atoms with Gasteiger partial charge in [0, 0.05) is 10.6 Å². The lowest BCUT2D eigenvalue weighted by Crippen LogP contribution is -1.89. The zero-order valence-corrected chi connectivity index (χ0v) is 7.70. The maximum Gasteiger partial charge on any atom is 0.265 e. The molecule has 0 radical (unpaired) electrons. The predicted molar refractivity (Wildman–Crippen MR) is 46.1 cm³/mol. The van der Waals surface area contributed by atoms with Crippen molar-refractivity contribution in [1.82, 2.24) is 0 Å². The number of hydrogen-bond donors (Lipinski definition) is 0. The van der Waals surface area contributed by atoms with Crippen LogP contribution in [-0.4, -0.2) is 0 Å². The van der Waals surface area contributed by atoms with Crippen LogP contribution >= 0.6 is 23.2 Å². The summed E-state index contributed by atoms with van der Waals surface area (Å²) in [6.45, 7) is 0. The van der Waals surface area contributed by atoms with E-state index in [0.717, 1.165) is 6.07 Å². The Morgan fingerprint density at radius 1 is 1.31 bits per heavy atom. The van der Waals surface area contributed by atoms with Crippen LogP contribution < -0.4 is 0 Å². The molecule has 0 fully saturated rings. The zero-order valence-electron chi connectivity index (χ0n) is 6.19. The molecular formula is C8H3Cl2F2N. The van der Waals surface area contributed by atoms with E-state index in [0.29, 0.717) is 0 Å². The number of hydrogen-bond acceptors (Lipinski definition) is 1. The van der Waals surface area contributed by atoms with Crippen molar-refractivity contribution in [3.63, 3.8) is 0 Å². The van der Waals surface area contributed by atoms with Gasteiger partial charge in [-0.25, -0.2) is 8.78 Å². The number of alkyl halides is 2. The van der Waals surface area contributed by atoms with Gasteiger partial charge in [0.05, 0.1) is 10.6 Å². The summed E-state index contributed by atoms with van der Waals surface area (Å²) in [5.41, 5.74) is -0.449. The number of benzene rings is 1. The lowest BCUT2D eigenvalue weighted by Gasteiger charge is -2.04. The third-order valence-corrected chi connectivity index (χ3v) is 2.06. The SMILES string of the molecule is N#Cc1cc(Cl)cc(C(F)F)c1Cl. The van der Waals surface area contributed by atoms with Crippen molar-refractivity contribution in [2.45, 2.75) is 6.43 Å². The highest BCUT2D eigenvalue weighted by atomic mass is 35.5. The Morgan fingerprint density at radius 3 is 2.38 bits per heavy atom. The summed E-state index contributed by atoms with van der Waals surface area (Å²) >= 11 is 11.0. The fourth-order valence-corrected chi connectivity index (χ4v) is 1.31. The first-order valence-electron chi connectivity index (χ1n) is 3.23. The maximum atomic E-state index is 12.3. The van der Waals surface area contributed by atoms with Gasteiger partial charge < -0.3 is 0 Å². The molecule has 5 heteroatoms. The van der Waals surface area contributed by atoms with Crippen LogP contribution in [-0.2, 0) is 0 Å². The molecule has 1 aromatic carbocycles. The molecule has 0 bridgehead atoms. The van der Waals surface area contributed by atoms with Gasteiger partial charge in [0.1, 0.15) is 6.07 Å². The minimum Gasteiger partial charge on any atom is -0.205 e. The van der Waals surface area contributed by atoms with Crippen LogP contribution in [0.4, 0.5) is 8.78 Å². The zero-order chi connectivity index (χ0) is 10.0. The molecule has 0 aliphatic carbocycles. The second-order valence-corrected chi connectivity index (χ2v) is 3.08. The van der Waals surface area contributed by atoms with Gasteiger partial charge in [-0.2, -0.15) is 5.26 Å². The summed E-state index contributed by atoms with van der Waals surface area (Å²) in [4.78, 5) is 0. The molecule has 13 heavy (non-hydrogen) atoms. The Morgan fingerprint density at radius 2 is 1.92 bits per heavy atom. The molecule has 0 saturated heterocycles. The first-order valence-corrected chi connectivity index (χ1v) is 3.99. The Bertz CT molecular complexity index is 371. The van der Waals surface area contributed by atoms with E-state index in [4.69, 9.17) is 28.5 Å². The third kappa shape index (κ3) is 2.09. The quantitative estimate of drug-likeness (QED) is 0.708. The molecular weight excluding hydrogens is 219 g/mol. The van der Waals surface area contributed by atoms with Crippen LogP contribution in [0.2, 0.25) is 10.0 Å². The topological polar surface area (TPSA) is 23.8 Å². The van der Waals surface area contributed by atoms with Crippen LogP contribution in [0.15, 0.2) is 12.1 Å². The molecule has 1 nitrogen and oxygen atoms in total. The molecule has 0 heterocycles. The molecule has 68 valence electrons. The van der Waals surface area contributed by atoms with Gasteiger partial charge in [-0.15, -0.1) is 0 Å². The molecule has 0 spiro atoms. The van der Waals surface area contributed by atoms with E-state index in [2.05, 4.69) is 0 Å². The second-order valence-electron chi connectivity index (χ2n) is 2.27. The van der Waals surface area contributed by atoms with E-state index in [1.807, 2.05) is 0 Å². The summed E-state index contributed by atoms with van der Waals surface area (Å²) in [5, 5.41) is 8.36. The normalized spacial score (nSPS) is 10.2. The van der Waals surface area contributed by atoms with Crippen molar-refractivity contribution in [2.75, 3.05) is 0 Å². The summed E-state index contributed by atoms with van der Waals surface area (Å²) in [6.07, 6.45) is -2.72. The standard InChI is InChI=1S/C8H3Cl2F2N/c9-5-1-4(3-13)7(10)6(2-5)8(11)12/h1-2,8H. The molecule has 0 aromatic heterocycles. The van der Waals surface area contributed by atoms with Gasteiger partial charge in [-0.3, -0.25) is 0 Å². The second kappa shape index (κ2) is 3.91.